The molecule has 26 heavy (non-hydrogen) atoms. The molecule has 1 heterocycles. The number of urea groups is 1. The van der Waals surface area contributed by atoms with Gasteiger partial charge in [0.05, 0.1) is 13.3 Å². The van der Waals surface area contributed by atoms with Crippen molar-refractivity contribution in [3.05, 3.63) is 71.8 Å². The van der Waals surface area contributed by atoms with Crippen molar-refractivity contribution in [1.29, 1.82) is 0 Å². The summed E-state index contributed by atoms with van der Waals surface area (Å²) in [7, 11) is 0. The van der Waals surface area contributed by atoms with Crippen molar-refractivity contribution < 1.29 is 9.59 Å². The first-order valence-corrected chi connectivity index (χ1v) is 9.04. The van der Waals surface area contributed by atoms with Crippen LogP contribution in [0.4, 0.5) is 4.79 Å². The molecule has 2 amide bonds. The van der Waals surface area contributed by atoms with Gasteiger partial charge in [0.1, 0.15) is 6.29 Å². The van der Waals surface area contributed by atoms with E-state index in [1.807, 2.05) is 70.5 Å². The molecule has 0 atom stereocenters. The summed E-state index contributed by atoms with van der Waals surface area (Å²) in [5, 5.41) is 0. The molecule has 0 spiro atoms. The van der Waals surface area contributed by atoms with Crippen LogP contribution in [-0.4, -0.2) is 46.9 Å². The van der Waals surface area contributed by atoms with E-state index in [-0.39, 0.29) is 6.03 Å². The monoisotopic (exact) mass is 351 g/mol. The van der Waals surface area contributed by atoms with Crippen LogP contribution in [0.1, 0.15) is 24.0 Å². The fourth-order valence-corrected chi connectivity index (χ4v) is 3.23. The maximum atomic E-state index is 13.0. The molecule has 0 saturated carbocycles. The normalized spacial score (nSPS) is 15.3. The number of benzene rings is 2. The van der Waals surface area contributed by atoms with Crippen molar-refractivity contribution in [3.63, 3.8) is 0 Å². The molecule has 1 fully saturated rings. The number of amides is 2. The molecular formula is C21H25N3O2. The van der Waals surface area contributed by atoms with E-state index in [0.29, 0.717) is 32.8 Å². The summed E-state index contributed by atoms with van der Waals surface area (Å²) in [5.74, 6) is 0. The molecule has 0 bridgehead atoms. The van der Waals surface area contributed by atoms with Crippen LogP contribution in [0.2, 0.25) is 0 Å². The molecule has 5 heteroatoms. The van der Waals surface area contributed by atoms with E-state index in [0.717, 1.165) is 30.4 Å². The highest BCUT2D eigenvalue weighted by molar-refractivity contribution is 5.75. The van der Waals surface area contributed by atoms with Gasteiger partial charge in [-0.15, -0.1) is 0 Å². The van der Waals surface area contributed by atoms with Crippen LogP contribution < -0.4 is 0 Å². The Bertz CT molecular complexity index is 652. The Labute approximate surface area is 154 Å². The number of hydrogen-bond donors (Lipinski definition) is 0. The van der Waals surface area contributed by atoms with E-state index in [4.69, 9.17) is 0 Å². The van der Waals surface area contributed by atoms with Crippen LogP contribution in [0.3, 0.4) is 0 Å². The maximum absolute atomic E-state index is 13.0. The van der Waals surface area contributed by atoms with Gasteiger partial charge in [0.2, 0.25) is 0 Å². The lowest BCUT2D eigenvalue weighted by molar-refractivity contribution is -0.108. The van der Waals surface area contributed by atoms with Crippen molar-refractivity contribution in [3.8, 4) is 0 Å². The molecule has 0 unspecified atom stereocenters. The fourth-order valence-electron chi connectivity index (χ4n) is 3.23. The van der Waals surface area contributed by atoms with Gasteiger partial charge in [-0.2, -0.15) is 0 Å². The summed E-state index contributed by atoms with van der Waals surface area (Å²) in [6, 6.07) is 20.2. The topological polar surface area (TPSA) is 43.9 Å². The molecule has 2 aromatic carbocycles. The van der Waals surface area contributed by atoms with E-state index < -0.39 is 0 Å². The van der Waals surface area contributed by atoms with Gasteiger partial charge in [0.25, 0.3) is 0 Å². The second-order valence-electron chi connectivity index (χ2n) is 6.64. The third-order valence-corrected chi connectivity index (χ3v) is 4.51. The van der Waals surface area contributed by atoms with Crippen LogP contribution in [0, 0.1) is 0 Å². The van der Waals surface area contributed by atoms with E-state index in [2.05, 4.69) is 4.90 Å². The first-order valence-electron chi connectivity index (χ1n) is 9.04. The van der Waals surface area contributed by atoms with Gasteiger partial charge in [-0.3, -0.25) is 4.90 Å². The Kier molecular flexibility index (Phi) is 6.39. The minimum atomic E-state index is 0.0596. The van der Waals surface area contributed by atoms with Gasteiger partial charge in [0, 0.05) is 26.1 Å². The number of carbonyl (C=O) groups is 2. The quantitative estimate of drug-likeness (QED) is 0.541. The van der Waals surface area contributed by atoms with Crippen LogP contribution in [-0.2, 0) is 17.9 Å². The fraction of sp³-hybridized carbons (Fsp3) is 0.333. The van der Waals surface area contributed by atoms with Gasteiger partial charge in [0.15, 0.2) is 0 Å². The average molecular weight is 351 g/mol. The molecule has 0 N–H and O–H groups in total. The first kappa shape index (κ1) is 18.1. The minimum Gasteiger partial charge on any atom is -0.307 e. The molecule has 1 saturated heterocycles. The van der Waals surface area contributed by atoms with E-state index in [1.54, 1.807) is 0 Å². The number of aldehydes is 1. The predicted octanol–water partition coefficient (Wildman–Crippen LogP) is 3.32. The highest BCUT2D eigenvalue weighted by Crippen LogP contribution is 2.17. The second-order valence-corrected chi connectivity index (χ2v) is 6.64. The van der Waals surface area contributed by atoms with Crippen molar-refractivity contribution in [2.45, 2.75) is 25.9 Å². The largest absolute Gasteiger partial charge is 0.322 e. The third kappa shape index (κ3) is 4.92. The highest BCUT2D eigenvalue weighted by Gasteiger charge is 2.29. The lowest BCUT2D eigenvalue weighted by Gasteiger charge is -2.42. The summed E-state index contributed by atoms with van der Waals surface area (Å²) >= 11 is 0. The average Bonchev–Trinajstić information content (AvgIpc) is 2.67. The number of unbranched alkanes of at least 4 members (excludes halogenated alkanes) is 1. The number of rotatable bonds is 8. The summed E-state index contributed by atoms with van der Waals surface area (Å²) in [5.41, 5.74) is 2.24. The summed E-state index contributed by atoms with van der Waals surface area (Å²) in [6.07, 6.45) is 2.33. The minimum absolute atomic E-state index is 0.0596. The van der Waals surface area contributed by atoms with E-state index in [9.17, 15) is 9.59 Å². The zero-order valence-corrected chi connectivity index (χ0v) is 15.0. The maximum Gasteiger partial charge on any atom is 0.322 e. The van der Waals surface area contributed by atoms with Crippen LogP contribution in [0.25, 0.3) is 0 Å². The van der Waals surface area contributed by atoms with Crippen LogP contribution in [0.15, 0.2) is 60.7 Å². The zero-order valence-electron chi connectivity index (χ0n) is 15.0. The first-order chi connectivity index (χ1) is 12.8. The number of nitrogens with zero attached hydrogens (tertiary/aromatic N) is 3. The van der Waals surface area contributed by atoms with Crippen molar-refractivity contribution >= 4 is 12.3 Å². The molecule has 136 valence electrons. The van der Waals surface area contributed by atoms with Gasteiger partial charge in [-0.05, 0) is 17.5 Å². The van der Waals surface area contributed by atoms with Gasteiger partial charge in [-0.1, -0.05) is 60.7 Å². The van der Waals surface area contributed by atoms with Gasteiger partial charge >= 0.3 is 6.03 Å². The van der Waals surface area contributed by atoms with Gasteiger partial charge < -0.3 is 14.6 Å². The molecular weight excluding hydrogens is 326 g/mol. The molecule has 2 aromatic rings. The molecule has 3 rings (SSSR count). The Morgan fingerprint density at radius 3 is 1.77 bits per heavy atom. The van der Waals surface area contributed by atoms with E-state index >= 15 is 0 Å². The standard InChI is InChI=1S/C21H25N3O2/c25-14-8-7-13-22-17-23(15-19-9-3-1-4-10-19)21(26)24(18-22)16-20-11-5-2-6-12-20/h1-6,9-12,14H,7-8,13,15-18H2. The summed E-state index contributed by atoms with van der Waals surface area (Å²) < 4.78 is 0. The zero-order chi connectivity index (χ0) is 18.2. The Hall–Kier alpha value is -2.66. The number of carbonyl (C=O) groups excluding carboxylic acids is 2. The van der Waals surface area contributed by atoms with Crippen LogP contribution >= 0.6 is 0 Å². The molecule has 1 aliphatic heterocycles. The van der Waals surface area contributed by atoms with E-state index in [1.165, 1.54) is 0 Å². The van der Waals surface area contributed by atoms with Crippen molar-refractivity contribution in [2.75, 3.05) is 19.9 Å². The molecule has 0 aromatic heterocycles. The molecule has 0 aliphatic carbocycles. The highest BCUT2D eigenvalue weighted by atomic mass is 16.2. The predicted molar refractivity (Wildman–Crippen MR) is 101 cm³/mol. The second kappa shape index (κ2) is 9.15. The number of hydrogen-bond acceptors (Lipinski definition) is 3. The molecule has 1 aliphatic rings. The Morgan fingerprint density at radius 1 is 0.808 bits per heavy atom. The summed E-state index contributed by atoms with van der Waals surface area (Å²) in [4.78, 5) is 29.6. The summed E-state index contributed by atoms with van der Waals surface area (Å²) in [6.45, 7) is 3.18. The van der Waals surface area contributed by atoms with Crippen LogP contribution in [0.5, 0.6) is 0 Å². The smallest absolute Gasteiger partial charge is 0.307 e. The lowest BCUT2D eigenvalue weighted by Crippen LogP contribution is -2.57. The third-order valence-electron chi connectivity index (χ3n) is 4.51. The lowest BCUT2D eigenvalue weighted by atomic mass is 10.2. The van der Waals surface area contributed by atoms with Gasteiger partial charge in [-0.25, -0.2) is 4.79 Å². The van der Waals surface area contributed by atoms with Crippen molar-refractivity contribution in [2.24, 2.45) is 0 Å². The Morgan fingerprint density at radius 2 is 1.31 bits per heavy atom. The Balaban J connectivity index is 1.71. The SMILES string of the molecule is O=CCCCN1CN(Cc2ccccc2)C(=O)N(Cc2ccccc2)C1. The molecule has 5 nitrogen and oxygen atoms in total. The molecule has 0 radical (unpaired) electrons. The van der Waals surface area contributed by atoms with Crippen molar-refractivity contribution in [1.82, 2.24) is 14.7 Å².